The molecule has 1 aliphatic rings. The number of anilines is 1. The van der Waals surface area contributed by atoms with Crippen LogP contribution in [-0.4, -0.2) is 51.7 Å². The van der Waals surface area contributed by atoms with Gasteiger partial charge in [-0.3, -0.25) is 4.79 Å². The third kappa shape index (κ3) is 3.55. The highest BCUT2D eigenvalue weighted by Crippen LogP contribution is 2.24. The quantitative estimate of drug-likeness (QED) is 0.698. The van der Waals surface area contributed by atoms with Crippen LogP contribution in [0.5, 0.6) is 0 Å². The number of pyridine rings is 1. The van der Waals surface area contributed by atoms with Crippen LogP contribution in [0.1, 0.15) is 34.0 Å². The first-order chi connectivity index (χ1) is 13.5. The second-order valence-corrected chi connectivity index (χ2v) is 7.18. The minimum absolute atomic E-state index is 0.224. The van der Waals surface area contributed by atoms with Crippen molar-refractivity contribution in [2.24, 2.45) is 0 Å². The highest BCUT2D eigenvalue weighted by atomic mass is 16.2. The van der Waals surface area contributed by atoms with Gasteiger partial charge in [-0.25, -0.2) is 14.5 Å². The molecule has 28 heavy (non-hydrogen) atoms. The second-order valence-electron chi connectivity index (χ2n) is 7.18. The van der Waals surface area contributed by atoms with Crippen molar-refractivity contribution < 1.29 is 4.79 Å². The maximum Gasteiger partial charge on any atom is 0.288 e. The van der Waals surface area contributed by atoms with Crippen LogP contribution in [0.3, 0.4) is 0 Å². The van der Waals surface area contributed by atoms with Gasteiger partial charge in [0.05, 0.1) is 11.2 Å². The van der Waals surface area contributed by atoms with Crippen molar-refractivity contribution >= 4 is 17.2 Å². The van der Waals surface area contributed by atoms with E-state index in [1.807, 2.05) is 36.7 Å². The smallest absolute Gasteiger partial charge is 0.288 e. The van der Waals surface area contributed by atoms with Gasteiger partial charge in [-0.2, -0.15) is 5.10 Å². The van der Waals surface area contributed by atoms with E-state index in [1.165, 1.54) is 0 Å². The van der Waals surface area contributed by atoms with E-state index in [0.717, 1.165) is 54.3 Å². The average Bonchev–Trinajstić information content (AvgIpc) is 3.34. The predicted octanol–water partition coefficient (Wildman–Crippen LogP) is 1.47. The summed E-state index contributed by atoms with van der Waals surface area (Å²) in [5.74, 6) is 0.815. The Morgan fingerprint density at radius 2 is 2.14 bits per heavy atom. The van der Waals surface area contributed by atoms with Gasteiger partial charge in [-0.1, -0.05) is 6.07 Å². The summed E-state index contributed by atoms with van der Waals surface area (Å²) in [6.45, 7) is 6.40. The summed E-state index contributed by atoms with van der Waals surface area (Å²) in [6.07, 6.45) is 2.98. The molecule has 8 heteroatoms. The molecule has 146 valence electrons. The molecule has 0 radical (unpaired) electrons. The van der Waals surface area contributed by atoms with Gasteiger partial charge in [0.25, 0.3) is 5.91 Å². The molecule has 0 spiro atoms. The topological polar surface area (TPSA) is 87.5 Å². The normalized spacial score (nSPS) is 16.7. The van der Waals surface area contributed by atoms with Gasteiger partial charge in [0, 0.05) is 50.2 Å². The molecular formula is C20H25N7O. The molecule has 1 fully saturated rings. The molecule has 4 heterocycles. The van der Waals surface area contributed by atoms with Crippen molar-refractivity contribution in [1.82, 2.24) is 30.2 Å². The first-order valence-electron chi connectivity index (χ1n) is 9.54. The number of amides is 1. The van der Waals surface area contributed by atoms with E-state index in [2.05, 4.69) is 42.7 Å². The van der Waals surface area contributed by atoms with E-state index >= 15 is 0 Å². The molecule has 0 aliphatic carbocycles. The van der Waals surface area contributed by atoms with Crippen LogP contribution in [-0.2, 0) is 6.54 Å². The summed E-state index contributed by atoms with van der Waals surface area (Å²) in [5, 5.41) is 10.8. The number of nitrogens with one attached hydrogen (secondary N) is 2. The summed E-state index contributed by atoms with van der Waals surface area (Å²) in [4.78, 5) is 23.0. The number of rotatable bonds is 5. The second kappa shape index (κ2) is 7.55. The molecule has 1 atom stereocenters. The van der Waals surface area contributed by atoms with Crippen LogP contribution < -0.4 is 15.5 Å². The maximum absolute atomic E-state index is 12.0. The molecule has 3 aromatic rings. The summed E-state index contributed by atoms with van der Waals surface area (Å²) in [5.41, 5.74) is 3.99. The van der Waals surface area contributed by atoms with E-state index in [4.69, 9.17) is 0 Å². The molecule has 0 aromatic carbocycles. The number of nitrogens with zero attached hydrogens (tertiary/aromatic N) is 5. The Labute approximate surface area is 164 Å². The van der Waals surface area contributed by atoms with E-state index in [9.17, 15) is 4.79 Å². The zero-order valence-electron chi connectivity index (χ0n) is 16.4. The predicted molar refractivity (Wildman–Crippen MR) is 108 cm³/mol. The maximum atomic E-state index is 12.0. The van der Waals surface area contributed by atoms with Crippen LogP contribution in [0.25, 0.3) is 5.52 Å². The van der Waals surface area contributed by atoms with Crippen LogP contribution in [0, 0.1) is 13.8 Å². The summed E-state index contributed by atoms with van der Waals surface area (Å²) < 4.78 is 1.89. The van der Waals surface area contributed by atoms with Gasteiger partial charge in [0.2, 0.25) is 5.82 Å². The molecule has 3 aromatic heterocycles. The Balaban J connectivity index is 1.44. The molecule has 1 aliphatic heterocycles. The van der Waals surface area contributed by atoms with Gasteiger partial charge in [-0.15, -0.1) is 0 Å². The fourth-order valence-electron chi connectivity index (χ4n) is 3.58. The van der Waals surface area contributed by atoms with E-state index in [1.54, 1.807) is 7.05 Å². The Hall–Kier alpha value is -3.00. The van der Waals surface area contributed by atoms with Gasteiger partial charge in [-0.05, 0) is 38.5 Å². The molecule has 0 saturated carbocycles. The van der Waals surface area contributed by atoms with Crippen molar-refractivity contribution in [2.45, 2.75) is 32.9 Å². The molecule has 0 unspecified atom stereocenters. The van der Waals surface area contributed by atoms with Crippen molar-refractivity contribution in [3.05, 3.63) is 53.2 Å². The Morgan fingerprint density at radius 1 is 1.29 bits per heavy atom. The van der Waals surface area contributed by atoms with Crippen molar-refractivity contribution in [1.29, 1.82) is 0 Å². The minimum Gasteiger partial charge on any atom is -0.355 e. The van der Waals surface area contributed by atoms with Gasteiger partial charge in [0.1, 0.15) is 5.82 Å². The van der Waals surface area contributed by atoms with Crippen molar-refractivity contribution in [3.8, 4) is 0 Å². The molecular weight excluding hydrogens is 354 g/mol. The monoisotopic (exact) mass is 379 g/mol. The standard InChI is InChI=1S/C20H25N7O/c1-13-14(2)23-18(20(28)21-3)24-19(13)26-9-7-15(12-26)22-11-16-10-17-6-4-5-8-27(17)25-16/h4-6,8,10,15,22H,7,9,11-12H2,1-3H3,(H,21,28)/t15-/m1/s1. The van der Waals surface area contributed by atoms with Gasteiger partial charge in [0.15, 0.2) is 0 Å². The van der Waals surface area contributed by atoms with Crippen LogP contribution in [0.4, 0.5) is 5.82 Å². The Morgan fingerprint density at radius 3 is 2.93 bits per heavy atom. The molecule has 0 bridgehead atoms. The lowest BCUT2D eigenvalue weighted by molar-refractivity contribution is 0.0952. The number of aromatic nitrogens is 4. The third-order valence-electron chi connectivity index (χ3n) is 5.27. The van der Waals surface area contributed by atoms with Crippen LogP contribution in [0.15, 0.2) is 30.5 Å². The van der Waals surface area contributed by atoms with Crippen LogP contribution >= 0.6 is 0 Å². The summed E-state index contributed by atoms with van der Waals surface area (Å²) >= 11 is 0. The fourth-order valence-corrected chi connectivity index (χ4v) is 3.58. The summed E-state index contributed by atoms with van der Waals surface area (Å²) in [7, 11) is 1.59. The number of carbonyl (C=O) groups is 1. The minimum atomic E-state index is -0.259. The highest BCUT2D eigenvalue weighted by Gasteiger charge is 2.26. The molecule has 4 rings (SSSR count). The van der Waals surface area contributed by atoms with Gasteiger partial charge < -0.3 is 15.5 Å². The highest BCUT2D eigenvalue weighted by molar-refractivity contribution is 5.90. The SMILES string of the molecule is CNC(=O)c1nc(C)c(C)c(N2CC[C@@H](NCc3cc4ccccn4n3)C2)n1. The van der Waals surface area contributed by atoms with E-state index in [-0.39, 0.29) is 11.7 Å². The Kier molecular flexibility index (Phi) is 4.95. The summed E-state index contributed by atoms with van der Waals surface area (Å²) in [6, 6.07) is 8.50. The van der Waals surface area contributed by atoms with E-state index in [0.29, 0.717) is 6.04 Å². The number of hydrogen-bond acceptors (Lipinski definition) is 6. The van der Waals surface area contributed by atoms with Gasteiger partial charge >= 0.3 is 0 Å². The van der Waals surface area contributed by atoms with Crippen molar-refractivity contribution in [2.75, 3.05) is 25.0 Å². The molecule has 1 amide bonds. The number of carbonyl (C=O) groups excluding carboxylic acids is 1. The zero-order valence-corrected chi connectivity index (χ0v) is 16.4. The van der Waals surface area contributed by atoms with E-state index < -0.39 is 0 Å². The lowest BCUT2D eigenvalue weighted by atomic mass is 10.2. The zero-order chi connectivity index (χ0) is 19.7. The first kappa shape index (κ1) is 18.4. The number of aryl methyl sites for hydroxylation is 1. The Bertz CT molecular complexity index is 980. The average molecular weight is 379 g/mol. The molecule has 8 nitrogen and oxygen atoms in total. The lowest BCUT2D eigenvalue weighted by Crippen LogP contribution is -2.33. The fraction of sp³-hybridized carbons (Fsp3) is 0.400. The third-order valence-corrected chi connectivity index (χ3v) is 5.27. The van der Waals surface area contributed by atoms with Crippen molar-refractivity contribution in [3.63, 3.8) is 0 Å². The first-order valence-corrected chi connectivity index (χ1v) is 9.54. The number of fused-ring (bicyclic) bond motifs is 1. The lowest BCUT2D eigenvalue weighted by Gasteiger charge is -2.21. The van der Waals surface area contributed by atoms with Crippen LogP contribution in [0.2, 0.25) is 0 Å². The largest absolute Gasteiger partial charge is 0.355 e. The number of hydrogen-bond donors (Lipinski definition) is 2. The molecule has 1 saturated heterocycles. The molecule has 2 N–H and O–H groups in total.